The summed E-state index contributed by atoms with van der Waals surface area (Å²) in [5.74, 6) is 0.231. The Balaban J connectivity index is 1.82. The molecule has 0 amide bonds. The van der Waals surface area contributed by atoms with Gasteiger partial charge in [-0.15, -0.1) is 0 Å². The van der Waals surface area contributed by atoms with Crippen molar-refractivity contribution in [3.05, 3.63) is 35.4 Å². The van der Waals surface area contributed by atoms with E-state index in [1.807, 2.05) is 31.2 Å². The van der Waals surface area contributed by atoms with Crippen LogP contribution in [0.5, 0.6) is 0 Å². The monoisotopic (exact) mass is 247 g/mol. The molecule has 98 valence electrons. The van der Waals surface area contributed by atoms with Gasteiger partial charge in [-0.2, -0.15) is 0 Å². The van der Waals surface area contributed by atoms with Crippen molar-refractivity contribution < 1.29 is 9.53 Å². The number of nitrogens with zero attached hydrogens (tertiary/aromatic N) is 1. The molecular weight excluding hydrogens is 226 g/mol. The van der Waals surface area contributed by atoms with Crippen molar-refractivity contribution >= 4 is 5.78 Å². The molecule has 1 saturated heterocycles. The molecule has 1 aromatic rings. The fourth-order valence-corrected chi connectivity index (χ4v) is 2.24. The molecule has 1 aromatic carbocycles. The Morgan fingerprint density at radius 2 is 2.11 bits per heavy atom. The molecule has 0 N–H and O–H groups in total. The van der Waals surface area contributed by atoms with Crippen molar-refractivity contribution in [2.45, 2.75) is 26.4 Å². The molecule has 2 rings (SSSR count). The number of carbonyl (C=O) groups excluding carboxylic acids is 1. The molecule has 1 atom stereocenters. The van der Waals surface area contributed by atoms with Gasteiger partial charge in [0.15, 0.2) is 5.78 Å². The Morgan fingerprint density at radius 1 is 1.39 bits per heavy atom. The van der Waals surface area contributed by atoms with Gasteiger partial charge in [-0.25, -0.2) is 0 Å². The minimum atomic E-state index is 0.231. The first-order valence-corrected chi connectivity index (χ1v) is 6.59. The number of aryl methyl sites for hydroxylation is 1. The van der Waals surface area contributed by atoms with Crippen LogP contribution in [0.2, 0.25) is 0 Å². The first kappa shape index (κ1) is 13.2. The zero-order chi connectivity index (χ0) is 13.0. The van der Waals surface area contributed by atoms with Crippen LogP contribution in [0.1, 0.15) is 29.3 Å². The van der Waals surface area contributed by atoms with Crippen LogP contribution in [0.15, 0.2) is 24.3 Å². The molecule has 0 aromatic heterocycles. The third-order valence-corrected chi connectivity index (χ3v) is 3.35. The summed E-state index contributed by atoms with van der Waals surface area (Å²) in [6, 6.07) is 7.81. The molecule has 18 heavy (non-hydrogen) atoms. The predicted molar refractivity (Wildman–Crippen MR) is 72.0 cm³/mol. The predicted octanol–water partition coefficient (Wildman–Crippen LogP) is 2.29. The molecule has 1 heterocycles. The topological polar surface area (TPSA) is 29.5 Å². The standard InChI is InChI=1S/C15H21NO2/c1-12-3-5-14(6-4-12)15(17)7-8-16-9-10-18-13(2)11-16/h3-6,13H,7-11H2,1-2H3. The Bertz CT molecular complexity index is 399. The molecule has 1 unspecified atom stereocenters. The van der Waals surface area contributed by atoms with E-state index >= 15 is 0 Å². The summed E-state index contributed by atoms with van der Waals surface area (Å²) in [5.41, 5.74) is 2.01. The van der Waals surface area contributed by atoms with Gasteiger partial charge >= 0.3 is 0 Å². The molecular formula is C15H21NO2. The summed E-state index contributed by atoms with van der Waals surface area (Å²) in [4.78, 5) is 14.3. The summed E-state index contributed by atoms with van der Waals surface area (Å²) in [5, 5.41) is 0. The van der Waals surface area contributed by atoms with Gasteiger partial charge in [-0.1, -0.05) is 29.8 Å². The van der Waals surface area contributed by atoms with E-state index in [0.717, 1.165) is 31.8 Å². The van der Waals surface area contributed by atoms with Gasteiger partial charge in [0.05, 0.1) is 12.7 Å². The Morgan fingerprint density at radius 3 is 2.78 bits per heavy atom. The van der Waals surface area contributed by atoms with Gasteiger partial charge in [-0.05, 0) is 13.8 Å². The molecule has 1 fully saturated rings. The molecule has 3 nitrogen and oxygen atoms in total. The maximum absolute atomic E-state index is 12.0. The van der Waals surface area contributed by atoms with Crippen molar-refractivity contribution in [3.8, 4) is 0 Å². The maximum Gasteiger partial charge on any atom is 0.164 e. The second-order valence-electron chi connectivity index (χ2n) is 5.02. The number of morpholine rings is 1. The second-order valence-corrected chi connectivity index (χ2v) is 5.02. The SMILES string of the molecule is Cc1ccc(C(=O)CCN2CCOC(C)C2)cc1. The number of benzene rings is 1. The smallest absolute Gasteiger partial charge is 0.164 e. The van der Waals surface area contributed by atoms with Crippen LogP contribution in [0.4, 0.5) is 0 Å². The molecule has 3 heteroatoms. The lowest BCUT2D eigenvalue weighted by atomic mass is 10.1. The van der Waals surface area contributed by atoms with Gasteiger partial charge < -0.3 is 4.74 Å². The maximum atomic E-state index is 12.0. The van der Waals surface area contributed by atoms with Crippen molar-refractivity contribution in [1.82, 2.24) is 4.90 Å². The molecule has 0 aliphatic carbocycles. The van der Waals surface area contributed by atoms with Crippen LogP contribution in [0.3, 0.4) is 0 Å². The van der Waals surface area contributed by atoms with Crippen LogP contribution >= 0.6 is 0 Å². The quantitative estimate of drug-likeness (QED) is 0.765. The zero-order valence-corrected chi connectivity index (χ0v) is 11.2. The lowest BCUT2D eigenvalue weighted by Gasteiger charge is -2.30. The third kappa shape index (κ3) is 3.65. The highest BCUT2D eigenvalue weighted by Gasteiger charge is 2.17. The molecule has 1 aliphatic heterocycles. The average molecular weight is 247 g/mol. The highest BCUT2D eigenvalue weighted by molar-refractivity contribution is 5.96. The van der Waals surface area contributed by atoms with Crippen LogP contribution in [0.25, 0.3) is 0 Å². The number of rotatable bonds is 4. The van der Waals surface area contributed by atoms with Crippen molar-refractivity contribution in [3.63, 3.8) is 0 Å². The lowest BCUT2D eigenvalue weighted by molar-refractivity contribution is -0.0180. The summed E-state index contributed by atoms with van der Waals surface area (Å²) >= 11 is 0. The average Bonchev–Trinajstić information content (AvgIpc) is 2.37. The van der Waals surface area contributed by atoms with Crippen LogP contribution < -0.4 is 0 Å². The molecule has 1 aliphatic rings. The summed E-state index contributed by atoms with van der Waals surface area (Å²) in [6.07, 6.45) is 0.878. The summed E-state index contributed by atoms with van der Waals surface area (Å²) in [7, 11) is 0. The third-order valence-electron chi connectivity index (χ3n) is 3.35. The van der Waals surface area contributed by atoms with E-state index in [0.29, 0.717) is 6.42 Å². The number of hydrogen-bond acceptors (Lipinski definition) is 3. The van der Waals surface area contributed by atoms with Crippen LogP contribution in [-0.2, 0) is 4.74 Å². The molecule has 0 saturated carbocycles. The van der Waals surface area contributed by atoms with Crippen molar-refractivity contribution in [1.29, 1.82) is 0 Å². The number of ketones is 1. The largest absolute Gasteiger partial charge is 0.376 e. The normalized spacial score (nSPS) is 20.9. The van der Waals surface area contributed by atoms with E-state index in [-0.39, 0.29) is 11.9 Å². The van der Waals surface area contributed by atoms with Crippen LogP contribution in [0, 0.1) is 6.92 Å². The van der Waals surface area contributed by atoms with E-state index in [2.05, 4.69) is 11.8 Å². The molecule has 0 radical (unpaired) electrons. The molecule has 0 spiro atoms. The second kappa shape index (κ2) is 6.12. The van der Waals surface area contributed by atoms with E-state index in [9.17, 15) is 4.79 Å². The minimum absolute atomic E-state index is 0.231. The van der Waals surface area contributed by atoms with Crippen molar-refractivity contribution in [2.24, 2.45) is 0 Å². The van der Waals surface area contributed by atoms with Gasteiger partial charge in [0.1, 0.15) is 0 Å². The minimum Gasteiger partial charge on any atom is -0.376 e. The Kier molecular flexibility index (Phi) is 4.50. The first-order valence-electron chi connectivity index (χ1n) is 6.59. The molecule has 0 bridgehead atoms. The van der Waals surface area contributed by atoms with Gasteiger partial charge in [0.2, 0.25) is 0 Å². The van der Waals surface area contributed by atoms with E-state index < -0.39 is 0 Å². The number of hydrogen-bond donors (Lipinski definition) is 0. The fraction of sp³-hybridized carbons (Fsp3) is 0.533. The van der Waals surface area contributed by atoms with Gasteiger partial charge in [0, 0.05) is 31.6 Å². The van der Waals surface area contributed by atoms with Crippen LogP contribution in [-0.4, -0.2) is 43.0 Å². The summed E-state index contributed by atoms with van der Waals surface area (Å²) in [6.45, 7) is 7.59. The lowest BCUT2D eigenvalue weighted by Crippen LogP contribution is -2.41. The van der Waals surface area contributed by atoms with Gasteiger partial charge in [0.25, 0.3) is 0 Å². The first-order chi connectivity index (χ1) is 8.65. The van der Waals surface area contributed by atoms with E-state index in [4.69, 9.17) is 4.74 Å². The van der Waals surface area contributed by atoms with Gasteiger partial charge in [-0.3, -0.25) is 9.69 Å². The zero-order valence-electron chi connectivity index (χ0n) is 11.2. The number of ether oxygens (including phenoxy) is 1. The number of carbonyl (C=O) groups is 1. The highest BCUT2D eigenvalue weighted by atomic mass is 16.5. The Labute approximate surface area is 109 Å². The van der Waals surface area contributed by atoms with E-state index in [1.54, 1.807) is 0 Å². The summed E-state index contributed by atoms with van der Waals surface area (Å²) < 4.78 is 5.49. The Hall–Kier alpha value is -1.19. The van der Waals surface area contributed by atoms with E-state index in [1.165, 1.54) is 5.56 Å². The highest BCUT2D eigenvalue weighted by Crippen LogP contribution is 2.09. The van der Waals surface area contributed by atoms with Crippen molar-refractivity contribution in [2.75, 3.05) is 26.2 Å². The number of Topliss-reactive ketones (excluding diaryl/α,β-unsaturated/α-hetero) is 1. The fourth-order valence-electron chi connectivity index (χ4n) is 2.24.